The molecule has 0 spiro atoms. The van der Waals surface area contributed by atoms with E-state index in [4.69, 9.17) is 17.3 Å². The van der Waals surface area contributed by atoms with Crippen molar-refractivity contribution in [1.82, 2.24) is 4.57 Å². The van der Waals surface area contributed by atoms with Crippen LogP contribution in [0.15, 0.2) is 24.3 Å². The van der Waals surface area contributed by atoms with Gasteiger partial charge in [0.1, 0.15) is 0 Å². The predicted molar refractivity (Wildman–Crippen MR) is 102 cm³/mol. The lowest BCUT2D eigenvalue weighted by molar-refractivity contribution is 0.1000. The van der Waals surface area contributed by atoms with Crippen molar-refractivity contribution >= 4 is 17.5 Å². The van der Waals surface area contributed by atoms with Gasteiger partial charge in [0.25, 0.3) is 5.91 Å². The van der Waals surface area contributed by atoms with Crippen LogP contribution in [0.3, 0.4) is 0 Å². The molecule has 130 valence electrons. The maximum atomic E-state index is 12.2. The number of nitrogens with two attached hydrogens (primary N) is 1. The number of benzene rings is 1. The minimum Gasteiger partial charge on any atom is -0.366 e. The first-order valence-electron chi connectivity index (χ1n) is 8.78. The van der Waals surface area contributed by atoms with Crippen molar-refractivity contribution in [3.8, 4) is 11.1 Å². The van der Waals surface area contributed by atoms with Gasteiger partial charge in [-0.25, -0.2) is 0 Å². The average Bonchev–Trinajstić information content (AvgIpc) is 2.83. The molecule has 1 aromatic carbocycles. The van der Waals surface area contributed by atoms with Gasteiger partial charge in [-0.3, -0.25) is 4.79 Å². The van der Waals surface area contributed by atoms with Gasteiger partial charge in [-0.2, -0.15) is 0 Å². The van der Waals surface area contributed by atoms with Crippen LogP contribution in [0.1, 0.15) is 61.3 Å². The SMILES string of the molecule is CCCCc1c(-c2ccc(Cl)cc2)c(C(N)=O)c(C)n1CCCC. The Morgan fingerprint density at radius 1 is 1.12 bits per heavy atom. The lowest BCUT2D eigenvalue weighted by Crippen LogP contribution is -2.13. The highest BCUT2D eigenvalue weighted by Gasteiger charge is 2.24. The van der Waals surface area contributed by atoms with Crippen LogP contribution in [0, 0.1) is 6.92 Å². The first-order valence-corrected chi connectivity index (χ1v) is 9.16. The molecule has 0 aliphatic heterocycles. The fraction of sp³-hybridized carbons (Fsp3) is 0.450. The molecular formula is C20H27ClN2O. The van der Waals surface area contributed by atoms with E-state index in [0.29, 0.717) is 10.6 Å². The van der Waals surface area contributed by atoms with E-state index in [1.165, 1.54) is 5.69 Å². The minimum absolute atomic E-state index is 0.356. The van der Waals surface area contributed by atoms with E-state index in [0.717, 1.165) is 55.5 Å². The Hall–Kier alpha value is -1.74. The first kappa shape index (κ1) is 18.6. The summed E-state index contributed by atoms with van der Waals surface area (Å²) in [5.41, 5.74) is 10.6. The van der Waals surface area contributed by atoms with Crippen molar-refractivity contribution in [3.05, 3.63) is 46.2 Å². The average molecular weight is 347 g/mol. The summed E-state index contributed by atoms with van der Waals surface area (Å²) in [5.74, 6) is -0.356. The number of amides is 1. The number of carbonyl (C=O) groups is 1. The summed E-state index contributed by atoms with van der Waals surface area (Å²) >= 11 is 6.03. The maximum Gasteiger partial charge on any atom is 0.251 e. The molecule has 4 heteroatoms. The molecule has 0 saturated heterocycles. The van der Waals surface area contributed by atoms with Gasteiger partial charge in [-0.1, -0.05) is 50.4 Å². The van der Waals surface area contributed by atoms with Gasteiger partial charge < -0.3 is 10.3 Å². The van der Waals surface area contributed by atoms with Crippen molar-refractivity contribution in [3.63, 3.8) is 0 Å². The molecule has 0 saturated carbocycles. The molecule has 0 fully saturated rings. The third-order valence-electron chi connectivity index (χ3n) is 4.51. The number of aromatic nitrogens is 1. The molecule has 2 rings (SSSR count). The Kier molecular flexibility index (Phi) is 6.50. The summed E-state index contributed by atoms with van der Waals surface area (Å²) < 4.78 is 2.29. The van der Waals surface area contributed by atoms with Crippen molar-refractivity contribution in [2.45, 2.75) is 59.4 Å². The van der Waals surface area contributed by atoms with Crippen molar-refractivity contribution in [2.75, 3.05) is 0 Å². The number of carbonyl (C=O) groups excluding carboxylic acids is 1. The molecule has 0 atom stereocenters. The van der Waals surface area contributed by atoms with Gasteiger partial charge in [-0.05, 0) is 43.9 Å². The molecule has 1 heterocycles. The highest BCUT2D eigenvalue weighted by molar-refractivity contribution is 6.30. The predicted octanol–water partition coefficient (Wildman–Crippen LogP) is 5.36. The van der Waals surface area contributed by atoms with E-state index in [2.05, 4.69) is 18.4 Å². The molecule has 0 radical (unpaired) electrons. The second-order valence-corrected chi connectivity index (χ2v) is 6.70. The van der Waals surface area contributed by atoms with Gasteiger partial charge in [0.15, 0.2) is 0 Å². The molecule has 24 heavy (non-hydrogen) atoms. The van der Waals surface area contributed by atoms with E-state index in [9.17, 15) is 4.79 Å². The molecule has 2 aromatic rings. The van der Waals surface area contributed by atoms with Gasteiger partial charge >= 0.3 is 0 Å². The normalized spacial score (nSPS) is 11.0. The zero-order valence-corrected chi connectivity index (χ0v) is 15.6. The number of primary amides is 1. The lowest BCUT2D eigenvalue weighted by atomic mass is 9.97. The zero-order valence-electron chi connectivity index (χ0n) is 14.9. The summed E-state index contributed by atoms with van der Waals surface area (Å²) in [5, 5.41) is 0.691. The van der Waals surface area contributed by atoms with Crippen molar-refractivity contribution in [1.29, 1.82) is 0 Å². The quantitative estimate of drug-likeness (QED) is 0.687. The summed E-state index contributed by atoms with van der Waals surface area (Å²) in [7, 11) is 0. The first-order chi connectivity index (χ1) is 11.5. The Morgan fingerprint density at radius 3 is 2.29 bits per heavy atom. The van der Waals surface area contributed by atoms with Crippen LogP contribution in [-0.4, -0.2) is 10.5 Å². The van der Waals surface area contributed by atoms with Crippen LogP contribution in [0.2, 0.25) is 5.02 Å². The number of hydrogen-bond donors (Lipinski definition) is 1. The third kappa shape index (κ3) is 3.84. The lowest BCUT2D eigenvalue weighted by Gasteiger charge is -2.13. The Morgan fingerprint density at radius 2 is 1.75 bits per heavy atom. The molecule has 1 amide bonds. The summed E-state index contributed by atoms with van der Waals surface area (Å²) in [6, 6.07) is 7.68. The van der Waals surface area contributed by atoms with Crippen LogP contribution in [-0.2, 0) is 13.0 Å². The summed E-state index contributed by atoms with van der Waals surface area (Å²) in [6.07, 6.45) is 5.37. The number of rotatable bonds is 8. The van der Waals surface area contributed by atoms with E-state index < -0.39 is 0 Å². The Bertz CT molecular complexity index is 701. The molecule has 0 aliphatic carbocycles. The summed E-state index contributed by atoms with van der Waals surface area (Å²) in [4.78, 5) is 12.2. The van der Waals surface area contributed by atoms with Crippen molar-refractivity contribution < 1.29 is 4.79 Å². The zero-order chi connectivity index (χ0) is 17.7. The van der Waals surface area contributed by atoms with E-state index >= 15 is 0 Å². The molecule has 0 aliphatic rings. The standard InChI is InChI=1S/C20H27ClN2O/c1-4-6-8-17-19(15-9-11-16(21)12-10-15)18(20(22)24)14(3)23(17)13-7-5-2/h9-12H,4-8,13H2,1-3H3,(H2,22,24). The van der Waals surface area contributed by atoms with E-state index in [1.54, 1.807) is 0 Å². The second-order valence-electron chi connectivity index (χ2n) is 6.26. The fourth-order valence-corrected chi connectivity index (χ4v) is 3.38. The van der Waals surface area contributed by atoms with E-state index in [-0.39, 0.29) is 5.91 Å². The molecule has 3 nitrogen and oxygen atoms in total. The minimum atomic E-state index is -0.356. The third-order valence-corrected chi connectivity index (χ3v) is 4.76. The number of halogens is 1. The van der Waals surface area contributed by atoms with Crippen LogP contribution in [0.25, 0.3) is 11.1 Å². The van der Waals surface area contributed by atoms with Crippen LogP contribution < -0.4 is 5.73 Å². The van der Waals surface area contributed by atoms with E-state index in [1.807, 2.05) is 31.2 Å². The smallest absolute Gasteiger partial charge is 0.251 e. The molecule has 0 bridgehead atoms. The van der Waals surface area contributed by atoms with Gasteiger partial charge in [-0.15, -0.1) is 0 Å². The Balaban J connectivity index is 2.67. The second kappa shape index (κ2) is 8.39. The van der Waals surface area contributed by atoms with Gasteiger partial charge in [0, 0.05) is 28.5 Å². The molecule has 0 unspecified atom stereocenters. The van der Waals surface area contributed by atoms with Crippen LogP contribution >= 0.6 is 11.6 Å². The monoisotopic (exact) mass is 346 g/mol. The van der Waals surface area contributed by atoms with Crippen molar-refractivity contribution in [2.24, 2.45) is 5.73 Å². The molecule has 2 N–H and O–H groups in total. The molecular weight excluding hydrogens is 320 g/mol. The van der Waals surface area contributed by atoms with Crippen LogP contribution in [0.4, 0.5) is 0 Å². The summed E-state index contributed by atoms with van der Waals surface area (Å²) in [6.45, 7) is 7.29. The highest BCUT2D eigenvalue weighted by Crippen LogP contribution is 2.34. The number of hydrogen-bond acceptors (Lipinski definition) is 1. The van der Waals surface area contributed by atoms with Gasteiger partial charge in [0.05, 0.1) is 5.56 Å². The largest absolute Gasteiger partial charge is 0.366 e. The topological polar surface area (TPSA) is 48.0 Å². The number of unbranched alkanes of at least 4 members (excludes halogenated alkanes) is 2. The molecule has 1 aromatic heterocycles. The number of nitrogens with zero attached hydrogens (tertiary/aromatic N) is 1. The van der Waals surface area contributed by atoms with Crippen LogP contribution in [0.5, 0.6) is 0 Å². The Labute approximate surface area is 149 Å². The maximum absolute atomic E-state index is 12.2. The fourth-order valence-electron chi connectivity index (χ4n) is 3.25. The highest BCUT2D eigenvalue weighted by atomic mass is 35.5. The van der Waals surface area contributed by atoms with Gasteiger partial charge in [0.2, 0.25) is 0 Å².